The molecule has 0 aliphatic carbocycles. The van der Waals surface area contributed by atoms with Crippen molar-refractivity contribution in [1.29, 1.82) is 0 Å². The zero-order valence-electron chi connectivity index (χ0n) is 27.2. The van der Waals surface area contributed by atoms with E-state index in [4.69, 9.17) is 24.9 Å². The first-order chi connectivity index (χ1) is 25.3. The number of fused-ring (bicyclic) bond motifs is 5. The average molecular weight is 670 g/mol. The van der Waals surface area contributed by atoms with Gasteiger partial charge < -0.3 is 0 Å². The Morgan fingerprint density at radius 1 is 0.392 bits per heavy atom. The maximum Gasteiger partial charge on any atom is 0.164 e. The maximum atomic E-state index is 5.04. The summed E-state index contributed by atoms with van der Waals surface area (Å²) < 4.78 is 2.44. The molecule has 0 aliphatic rings. The van der Waals surface area contributed by atoms with Crippen molar-refractivity contribution in [3.8, 4) is 56.7 Å². The van der Waals surface area contributed by atoms with E-state index in [1.807, 2.05) is 73.1 Å². The predicted molar refractivity (Wildman–Crippen MR) is 210 cm³/mol. The van der Waals surface area contributed by atoms with Crippen molar-refractivity contribution in [3.63, 3.8) is 0 Å². The Labute approximate surface area is 297 Å². The summed E-state index contributed by atoms with van der Waals surface area (Å²) in [6.07, 6.45) is 3.86. The molecule has 0 spiro atoms. The van der Waals surface area contributed by atoms with Crippen LogP contribution in [0.2, 0.25) is 0 Å². The number of nitrogens with zero attached hydrogens (tertiary/aromatic N) is 5. The Morgan fingerprint density at radius 2 is 1.02 bits per heavy atom. The molecule has 51 heavy (non-hydrogen) atoms. The number of benzene rings is 6. The second-order valence-corrected chi connectivity index (χ2v) is 13.6. The van der Waals surface area contributed by atoms with Crippen LogP contribution in [0.3, 0.4) is 0 Å². The van der Waals surface area contributed by atoms with Crippen LogP contribution in [0.15, 0.2) is 164 Å². The molecule has 0 atom stereocenters. The summed E-state index contributed by atoms with van der Waals surface area (Å²) in [5, 5.41) is 6.83. The molecule has 6 aromatic carbocycles. The van der Waals surface area contributed by atoms with Gasteiger partial charge >= 0.3 is 0 Å². The molecule has 10 aromatic rings. The average Bonchev–Trinajstić information content (AvgIpc) is 3.58. The van der Waals surface area contributed by atoms with E-state index >= 15 is 0 Å². The van der Waals surface area contributed by atoms with Gasteiger partial charge in [0.25, 0.3) is 0 Å². The van der Waals surface area contributed by atoms with Crippen molar-refractivity contribution in [2.45, 2.75) is 0 Å². The van der Waals surface area contributed by atoms with Crippen LogP contribution in [0.5, 0.6) is 0 Å². The largest absolute Gasteiger partial charge is 0.254 e. The van der Waals surface area contributed by atoms with Gasteiger partial charge in [0.1, 0.15) is 0 Å². The van der Waals surface area contributed by atoms with E-state index in [0.717, 1.165) is 60.8 Å². The van der Waals surface area contributed by atoms with Gasteiger partial charge in [-0.25, -0.2) is 15.0 Å². The van der Waals surface area contributed by atoms with Crippen LogP contribution in [0.1, 0.15) is 0 Å². The molecule has 238 valence electrons. The molecule has 0 fully saturated rings. The molecule has 5 nitrogen and oxygen atoms in total. The lowest BCUT2D eigenvalue weighted by Crippen LogP contribution is -2.00. The first-order valence-electron chi connectivity index (χ1n) is 16.8. The van der Waals surface area contributed by atoms with Crippen LogP contribution in [0.25, 0.3) is 98.4 Å². The molecular formula is C45H27N5S. The number of hydrogen-bond donors (Lipinski definition) is 0. The van der Waals surface area contributed by atoms with E-state index in [1.54, 1.807) is 11.3 Å². The summed E-state index contributed by atoms with van der Waals surface area (Å²) in [5.74, 6) is 1.92. The first-order valence-corrected chi connectivity index (χ1v) is 17.6. The van der Waals surface area contributed by atoms with Crippen LogP contribution in [0.4, 0.5) is 0 Å². The molecule has 0 bridgehead atoms. The fraction of sp³-hybridized carbons (Fsp3) is 0. The van der Waals surface area contributed by atoms with Gasteiger partial charge in [-0.05, 0) is 57.6 Å². The lowest BCUT2D eigenvalue weighted by atomic mass is 9.93. The van der Waals surface area contributed by atoms with Crippen molar-refractivity contribution in [2.24, 2.45) is 0 Å². The summed E-state index contributed by atoms with van der Waals surface area (Å²) in [6.45, 7) is 0. The smallest absolute Gasteiger partial charge is 0.164 e. The zero-order chi connectivity index (χ0) is 33.7. The number of thiophene rings is 1. The Bertz CT molecular complexity index is 2860. The molecule has 0 saturated heterocycles. The standard InChI is InChI=1S/C45H27N5S/c1-3-11-29(12-4-1)43-48-44(30-13-5-2-6-14-30)50-45(49-43)36-22-21-32(33-15-7-8-16-34(33)36)31-20-19-28-23-24-46-42(37(28)25-31)39-26-38-35-17-9-10-18-40(35)51-41(38)27-47-39/h1-27H. The van der Waals surface area contributed by atoms with E-state index in [0.29, 0.717) is 17.5 Å². The zero-order valence-corrected chi connectivity index (χ0v) is 28.0. The molecule has 0 aliphatic heterocycles. The Kier molecular flexibility index (Phi) is 6.93. The third-order valence-electron chi connectivity index (χ3n) is 9.45. The highest BCUT2D eigenvalue weighted by atomic mass is 32.1. The van der Waals surface area contributed by atoms with Gasteiger partial charge in [-0.1, -0.05) is 121 Å². The summed E-state index contributed by atoms with van der Waals surface area (Å²) >= 11 is 1.77. The number of rotatable bonds is 5. The number of aromatic nitrogens is 5. The van der Waals surface area contributed by atoms with Crippen molar-refractivity contribution in [2.75, 3.05) is 0 Å². The van der Waals surface area contributed by atoms with Gasteiger partial charge in [0.15, 0.2) is 17.5 Å². The fourth-order valence-corrected chi connectivity index (χ4v) is 8.03. The van der Waals surface area contributed by atoms with E-state index in [1.165, 1.54) is 20.2 Å². The van der Waals surface area contributed by atoms with E-state index in [9.17, 15) is 0 Å². The number of pyridine rings is 2. The van der Waals surface area contributed by atoms with E-state index < -0.39 is 0 Å². The molecule has 0 N–H and O–H groups in total. The Hall–Kier alpha value is -6.63. The molecule has 0 unspecified atom stereocenters. The second kappa shape index (κ2) is 12.1. The highest BCUT2D eigenvalue weighted by Gasteiger charge is 2.17. The highest BCUT2D eigenvalue weighted by molar-refractivity contribution is 7.25. The minimum atomic E-state index is 0.637. The molecule has 0 saturated carbocycles. The first kappa shape index (κ1) is 29.3. The molecule has 10 rings (SSSR count). The van der Waals surface area contributed by atoms with Gasteiger partial charge in [0.2, 0.25) is 0 Å². The molecule has 6 heteroatoms. The quantitative estimate of drug-likeness (QED) is 0.182. The molecule has 4 aromatic heterocycles. The second-order valence-electron chi connectivity index (χ2n) is 12.5. The summed E-state index contributed by atoms with van der Waals surface area (Å²) in [6, 6.07) is 52.4. The lowest BCUT2D eigenvalue weighted by Gasteiger charge is -2.14. The minimum Gasteiger partial charge on any atom is -0.254 e. The summed E-state index contributed by atoms with van der Waals surface area (Å²) in [4.78, 5) is 24.8. The fourth-order valence-electron chi connectivity index (χ4n) is 6.98. The van der Waals surface area contributed by atoms with Crippen molar-refractivity contribution < 1.29 is 0 Å². The number of hydrogen-bond acceptors (Lipinski definition) is 6. The van der Waals surface area contributed by atoms with Crippen LogP contribution in [-0.2, 0) is 0 Å². The summed E-state index contributed by atoms with van der Waals surface area (Å²) in [5.41, 5.74) is 6.81. The maximum absolute atomic E-state index is 5.04. The van der Waals surface area contributed by atoms with Crippen LogP contribution in [-0.4, -0.2) is 24.9 Å². The third-order valence-corrected chi connectivity index (χ3v) is 10.6. The SMILES string of the molecule is c1ccc(-c2nc(-c3ccccc3)nc(-c3ccc(-c4ccc5ccnc(-c6cc7c(cn6)sc6ccccc67)c5c4)c4ccccc34)n2)cc1. The van der Waals surface area contributed by atoms with Gasteiger partial charge in [-0.2, -0.15) is 0 Å². The van der Waals surface area contributed by atoms with Crippen molar-refractivity contribution in [1.82, 2.24) is 24.9 Å². The predicted octanol–water partition coefficient (Wildman–Crippen LogP) is 11.7. The van der Waals surface area contributed by atoms with Crippen molar-refractivity contribution in [3.05, 3.63) is 164 Å². The van der Waals surface area contributed by atoms with E-state index in [2.05, 4.69) is 91.0 Å². The van der Waals surface area contributed by atoms with Crippen LogP contribution >= 0.6 is 11.3 Å². The van der Waals surface area contributed by atoms with Gasteiger partial charge in [-0.15, -0.1) is 11.3 Å². The monoisotopic (exact) mass is 669 g/mol. The Morgan fingerprint density at radius 3 is 1.76 bits per heavy atom. The van der Waals surface area contributed by atoms with Gasteiger partial charge in [-0.3, -0.25) is 9.97 Å². The third kappa shape index (κ3) is 5.12. The van der Waals surface area contributed by atoms with Crippen molar-refractivity contribution >= 4 is 53.1 Å². The molecule has 0 amide bonds. The van der Waals surface area contributed by atoms with Crippen LogP contribution in [0, 0.1) is 0 Å². The van der Waals surface area contributed by atoms with Gasteiger partial charge in [0.05, 0.1) is 16.1 Å². The van der Waals surface area contributed by atoms with Crippen LogP contribution < -0.4 is 0 Å². The van der Waals surface area contributed by atoms with E-state index in [-0.39, 0.29) is 0 Å². The van der Waals surface area contributed by atoms with Gasteiger partial charge in [0, 0.05) is 49.9 Å². The normalized spacial score (nSPS) is 11.5. The topological polar surface area (TPSA) is 64.5 Å². The molecule has 0 radical (unpaired) electrons. The highest BCUT2D eigenvalue weighted by Crippen LogP contribution is 2.39. The molecule has 4 heterocycles. The minimum absolute atomic E-state index is 0.637. The summed E-state index contributed by atoms with van der Waals surface area (Å²) in [7, 11) is 0. The lowest BCUT2D eigenvalue weighted by molar-refractivity contribution is 1.08. The Balaban J connectivity index is 1.13. The molecular weight excluding hydrogens is 643 g/mol.